The summed E-state index contributed by atoms with van der Waals surface area (Å²) < 4.78 is 4.94. The normalized spacial score (nSPS) is 11.5. The minimum absolute atomic E-state index is 0.00949. The number of ether oxygens (including phenoxy) is 1. The number of rotatable bonds is 8. The lowest BCUT2D eigenvalue weighted by atomic mass is 10.2. The first-order valence-corrected chi connectivity index (χ1v) is 8.61. The number of anilines is 1. The van der Waals surface area contributed by atoms with E-state index in [1.165, 1.54) is 37.3 Å². The molecule has 2 amide bonds. The Hall–Kier alpha value is -4.01. The molecule has 0 saturated heterocycles. The summed E-state index contributed by atoms with van der Waals surface area (Å²) in [6.45, 7) is 0.889. The highest BCUT2D eigenvalue weighted by Crippen LogP contribution is 2.23. The maximum Gasteiger partial charge on any atom is 0.326 e. The molecule has 0 bridgehead atoms. The van der Waals surface area contributed by atoms with Gasteiger partial charge in [0.15, 0.2) is 6.10 Å². The maximum absolute atomic E-state index is 12.1. The Kier molecular flexibility index (Phi) is 7.60. The van der Waals surface area contributed by atoms with Crippen LogP contribution in [0.1, 0.15) is 12.5 Å². The van der Waals surface area contributed by atoms with Gasteiger partial charge >= 0.3 is 5.97 Å². The molecule has 2 aromatic carbocycles. The molecule has 150 valence electrons. The fourth-order valence-electron chi connectivity index (χ4n) is 2.22. The zero-order valence-corrected chi connectivity index (χ0v) is 15.5. The molecule has 0 radical (unpaired) electrons. The Balaban J connectivity index is 1.81. The molecular formula is C20H19N3O6. The first kappa shape index (κ1) is 21.3. The molecule has 0 spiro atoms. The first-order chi connectivity index (χ1) is 13.9. The maximum atomic E-state index is 12.1. The minimum atomic E-state index is -1.21. The molecule has 2 rings (SSSR count). The lowest BCUT2D eigenvalue weighted by Crippen LogP contribution is -2.35. The van der Waals surface area contributed by atoms with E-state index >= 15 is 0 Å². The van der Waals surface area contributed by atoms with Crippen molar-refractivity contribution in [2.24, 2.45) is 0 Å². The van der Waals surface area contributed by atoms with Crippen LogP contribution in [0.25, 0.3) is 6.08 Å². The number of amides is 2. The zero-order chi connectivity index (χ0) is 21.2. The molecule has 0 aliphatic heterocycles. The van der Waals surface area contributed by atoms with Crippen molar-refractivity contribution in [2.45, 2.75) is 13.0 Å². The number of hydrogen-bond donors (Lipinski definition) is 2. The molecule has 2 aromatic rings. The summed E-state index contributed by atoms with van der Waals surface area (Å²) in [6.07, 6.45) is 1.65. The summed E-state index contributed by atoms with van der Waals surface area (Å²) in [7, 11) is 0. The standard InChI is InChI=1S/C20H19N3O6/c1-14(20(26)22-16-9-5-6-10-17(16)23(27)28)29-19(25)13-21-18(24)12-11-15-7-3-2-4-8-15/h2-12,14H,13H2,1H3,(H,21,24)(H,22,26)/b12-11+/t14-/m1/s1. The van der Waals surface area contributed by atoms with Gasteiger partial charge in [-0.25, -0.2) is 0 Å². The second kappa shape index (κ2) is 10.4. The fraction of sp³-hybridized carbons (Fsp3) is 0.150. The van der Waals surface area contributed by atoms with Crippen molar-refractivity contribution in [2.75, 3.05) is 11.9 Å². The molecule has 0 saturated carbocycles. The molecule has 9 nitrogen and oxygen atoms in total. The van der Waals surface area contributed by atoms with Gasteiger partial charge in [0, 0.05) is 12.1 Å². The largest absolute Gasteiger partial charge is 0.451 e. The number of carbonyl (C=O) groups excluding carboxylic acids is 3. The summed E-state index contributed by atoms with van der Waals surface area (Å²) in [5.41, 5.74) is 0.534. The van der Waals surface area contributed by atoms with Crippen LogP contribution in [0, 0.1) is 10.1 Å². The molecule has 0 unspecified atom stereocenters. The Bertz CT molecular complexity index is 927. The molecule has 9 heteroatoms. The van der Waals surface area contributed by atoms with Crippen molar-refractivity contribution in [3.05, 3.63) is 76.4 Å². The first-order valence-electron chi connectivity index (χ1n) is 8.61. The number of nitro groups is 1. The predicted molar refractivity (Wildman–Crippen MR) is 106 cm³/mol. The van der Waals surface area contributed by atoms with Gasteiger partial charge in [0.25, 0.3) is 11.6 Å². The fourth-order valence-corrected chi connectivity index (χ4v) is 2.22. The Morgan fingerprint density at radius 3 is 2.45 bits per heavy atom. The van der Waals surface area contributed by atoms with Gasteiger partial charge in [0.2, 0.25) is 5.91 Å². The smallest absolute Gasteiger partial charge is 0.326 e. The minimum Gasteiger partial charge on any atom is -0.451 e. The topological polar surface area (TPSA) is 128 Å². The number of esters is 1. The Labute approximate surface area is 166 Å². The van der Waals surface area contributed by atoms with Gasteiger partial charge in [0.1, 0.15) is 12.2 Å². The molecule has 1 atom stereocenters. The SMILES string of the molecule is C[C@@H](OC(=O)CNC(=O)/C=C/c1ccccc1)C(=O)Nc1ccccc1[N+](=O)[O-]. The van der Waals surface area contributed by atoms with Crippen LogP contribution >= 0.6 is 0 Å². The van der Waals surface area contributed by atoms with E-state index < -0.39 is 35.4 Å². The van der Waals surface area contributed by atoms with Gasteiger partial charge in [-0.1, -0.05) is 42.5 Å². The lowest BCUT2D eigenvalue weighted by molar-refractivity contribution is -0.383. The molecule has 0 aliphatic rings. The van der Waals surface area contributed by atoms with Crippen LogP contribution in [0.5, 0.6) is 0 Å². The molecule has 0 aromatic heterocycles. The van der Waals surface area contributed by atoms with Crippen LogP contribution < -0.4 is 10.6 Å². The van der Waals surface area contributed by atoms with Crippen LogP contribution in [0.3, 0.4) is 0 Å². The highest BCUT2D eigenvalue weighted by molar-refractivity contribution is 5.97. The van der Waals surface area contributed by atoms with Gasteiger partial charge in [-0.3, -0.25) is 24.5 Å². The van der Waals surface area contributed by atoms with Crippen LogP contribution in [-0.2, 0) is 19.1 Å². The number of carbonyl (C=O) groups is 3. The molecule has 2 N–H and O–H groups in total. The highest BCUT2D eigenvalue weighted by atomic mass is 16.6. The molecule has 0 fully saturated rings. The van der Waals surface area contributed by atoms with Crippen LogP contribution in [-0.4, -0.2) is 35.4 Å². The van der Waals surface area contributed by atoms with Crippen molar-refractivity contribution in [3.63, 3.8) is 0 Å². The van der Waals surface area contributed by atoms with Gasteiger partial charge < -0.3 is 15.4 Å². The van der Waals surface area contributed by atoms with Crippen LogP contribution in [0.4, 0.5) is 11.4 Å². The van der Waals surface area contributed by atoms with E-state index in [4.69, 9.17) is 4.74 Å². The van der Waals surface area contributed by atoms with Gasteiger partial charge in [0.05, 0.1) is 4.92 Å². The monoisotopic (exact) mass is 397 g/mol. The van der Waals surface area contributed by atoms with Gasteiger partial charge in [-0.05, 0) is 24.6 Å². The second-order valence-corrected chi connectivity index (χ2v) is 5.86. The van der Waals surface area contributed by atoms with E-state index in [1.807, 2.05) is 30.3 Å². The Morgan fingerprint density at radius 1 is 1.10 bits per heavy atom. The average Bonchev–Trinajstić information content (AvgIpc) is 2.71. The van der Waals surface area contributed by atoms with E-state index in [1.54, 1.807) is 6.08 Å². The van der Waals surface area contributed by atoms with E-state index in [2.05, 4.69) is 10.6 Å². The van der Waals surface area contributed by atoms with Crippen molar-refractivity contribution in [3.8, 4) is 0 Å². The highest BCUT2D eigenvalue weighted by Gasteiger charge is 2.21. The quantitative estimate of drug-likeness (QED) is 0.304. The lowest BCUT2D eigenvalue weighted by Gasteiger charge is -2.13. The molecule has 29 heavy (non-hydrogen) atoms. The van der Waals surface area contributed by atoms with Crippen molar-refractivity contribution >= 4 is 35.2 Å². The zero-order valence-electron chi connectivity index (χ0n) is 15.5. The van der Waals surface area contributed by atoms with E-state index in [-0.39, 0.29) is 11.4 Å². The summed E-state index contributed by atoms with van der Waals surface area (Å²) in [5, 5.41) is 15.7. The number of benzene rings is 2. The van der Waals surface area contributed by atoms with Gasteiger partial charge in [-0.2, -0.15) is 0 Å². The number of nitrogens with zero attached hydrogens (tertiary/aromatic N) is 1. The second-order valence-electron chi connectivity index (χ2n) is 5.86. The predicted octanol–water partition coefficient (Wildman–Crippen LogP) is 2.29. The molecular weight excluding hydrogens is 378 g/mol. The Morgan fingerprint density at radius 2 is 1.76 bits per heavy atom. The number of para-hydroxylation sites is 2. The average molecular weight is 397 g/mol. The van der Waals surface area contributed by atoms with E-state index in [9.17, 15) is 24.5 Å². The number of nitrogens with one attached hydrogen (secondary N) is 2. The van der Waals surface area contributed by atoms with Crippen molar-refractivity contribution in [1.82, 2.24) is 5.32 Å². The van der Waals surface area contributed by atoms with Gasteiger partial charge in [-0.15, -0.1) is 0 Å². The number of nitro benzene ring substituents is 1. The van der Waals surface area contributed by atoms with Crippen molar-refractivity contribution in [1.29, 1.82) is 0 Å². The van der Waals surface area contributed by atoms with E-state index in [0.717, 1.165) is 5.56 Å². The third kappa shape index (κ3) is 6.90. The van der Waals surface area contributed by atoms with Crippen molar-refractivity contribution < 1.29 is 24.0 Å². The summed E-state index contributed by atoms with van der Waals surface area (Å²) >= 11 is 0. The summed E-state index contributed by atoms with van der Waals surface area (Å²) in [4.78, 5) is 46.0. The molecule has 0 aliphatic carbocycles. The third-order valence-corrected chi connectivity index (χ3v) is 3.67. The third-order valence-electron chi connectivity index (χ3n) is 3.67. The van der Waals surface area contributed by atoms with Crippen LogP contribution in [0.2, 0.25) is 0 Å². The van der Waals surface area contributed by atoms with E-state index in [0.29, 0.717) is 0 Å². The van der Waals surface area contributed by atoms with Crippen LogP contribution in [0.15, 0.2) is 60.7 Å². The summed E-state index contributed by atoms with van der Waals surface area (Å²) in [5.74, 6) is -2.05. The molecule has 0 heterocycles. The number of hydrogen-bond acceptors (Lipinski definition) is 6. The summed E-state index contributed by atoms with van der Waals surface area (Å²) in [6, 6.07) is 14.7.